The number of rotatable bonds is 7. The zero-order valence-electron chi connectivity index (χ0n) is 19.1. The van der Waals surface area contributed by atoms with E-state index in [-0.39, 0.29) is 36.1 Å². The number of carbonyl (C=O) groups excluding carboxylic acids is 3. The van der Waals surface area contributed by atoms with Crippen LogP contribution in [0.2, 0.25) is 0 Å². The third-order valence-electron chi connectivity index (χ3n) is 5.86. The fourth-order valence-electron chi connectivity index (χ4n) is 4.12. The summed E-state index contributed by atoms with van der Waals surface area (Å²) in [6.07, 6.45) is 1.45. The second-order valence-electron chi connectivity index (χ2n) is 8.04. The van der Waals surface area contributed by atoms with E-state index >= 15 is 0 Å². The maximum atomic E-state index is 12.9. The standard InChI is InChI=1S/C23H25N5O7/c1-2-34-22(30)19-17(14-26-9-11-27(12-10-26)21(29)18-4-3-13-35-18)24-23(31)25-20(19)15-5-7-16(8-6-15)28(32)33/h3-8,13,20H,2,9-12,14H2,1H3,(H2,24,25,31)/t20-/m1/s1. The van der Waals surface area contributed by atoms with Crippen molar-refractivity contribution < 1.29 is 28.5 Å². The van der Waals surface area contributed by atoms with Crippen molar-refractivity contribution in [2.75, 3.05) is 39.3 Å². The van der Waals surface area contributed by atoms with Gasteiger partial charge in [-0.05, 0) is 36.8 Å². The molecule has 1 saturated heterocycles. The third-order valence-corrected chi connectivity index (χ3v) is 5.86. The van der Waals surface area contributed by atoms with Gasteiger partial charge in [-0.1, -0.05) is 0 Å². The molecule has 0 radical (unpaired) electrons. The normalized spacial score (nSPS) is 18.6. The molecule has 2 aliphatic rings. The molecule has 3 amide bonds. The summed E-state index contributed by atoms with van der Waals surface area (Å²) in [6.45, 7) is 4.05. The molecule has 1 aromatic heterocycles. The number of hydrogen-bond acceptors (Lipinski definition) is 8. The van der Waals surface area contributed by atoms with Crippen LogP contribution in [0, 0.1) is 10.1 Å². The van der Waals surface area contributed by atoms with E-state index in [1.807, 2.05) is 4.90 Å². The first-order valence-corrected chi connectivity index (χ1v) is 11.1. The summed E-state index contributed by atoms with van der Waals surface area (Å²) in [5.41, 5.74) is 1.04. The van der Waals surface area contributed by atoms with Crippen molar-refractivity contribution in [2.24, 2.45) is 0 Å². The number of non-ortho nitro benzene ring substituents is 1. The van der Waals surface area contributed by atoms with Crippen LogP contribution < -0.4 is 10.6 Å². The Bertz CT molecular complexity index is 1140. The summed E-state index contributed by atoms with van der Waals surface area (Å²) in [5.74, 6) is -0.498. The van der Waals surface area contributed by atoms with Crippen LogP contribution in [0.3, 0.4) is 0 Å². The molecule has 35 heavy (non-hydrogen) atoms. The highest BCUT2D eigenvalue weighted by molar-refractivity contribution is 5.95. The Hall–Kier alpha value is -4.19. The average molecular weight is 483 g/mol. The Morgan fingerprint density at radius 3 is 2.49 bits per heavy atom. The number of ether oxygens (including phenoxy) is 1. The van der Waals surface area contributed by atoms with E-state index in [1.54, 1.807) is 24.0 Å². The summed E-state index contributed by atoms with van der Waals surface area (Å²) in [4.78, 5) is 52.1. The molecule has 0 spiro atoms. The summed E-state index contributed by atoms with van der Waals surface area (Å²) in [6, 6.07) is 7.60. The van der Waals surface area contributed by atoms with Gasteiger partial charge in [0.15, 0.2) is 5.76 Å². The number of nitrogens with one attached hydrogen (secondary N) is 2. The maximum absolute atomic E-state index is 12.9. The number of piperazine rings is 1. The quantitative estimate of drug-likeness (QED) is 0.344. The van der Waals surface area contributed by atoms with Crippen molar-refractivity contribution >= 4 is 23.6 Å². The van der Waals surface area contributed by atoms with Crippen LogP contribution in [0.25, 0.3) is 0 Å². The molecule has 12 nitrogen and oxygen atoms in total. The number of esters is 1. The molecule has 2 aromatic rings. The van der Waals surface area contributed by atoms with E-state index in [2.05, 4.69) is 10.6 Å². The summed E-state index contributed by atoms with van der Waals surface area (Å²) in [7, 11) is 0. The number of nitro groups is 1. The minimum atomic E-state index is -0.833. The Balaban J connectivity index is 1.55. The lowest BCUT2D eigenvalue weighted by Gasteiger charge is -2.36. The van der Waals surface area contributed by atoms with Crippen molar-refractivity contribution in [1.82, 2.24) is 20.4 Å². The van der Waals surface area contributed by atoms with E-state index in [0.717, 1.165) is 0 Å². The average Bonchev–Trinajstić information content (AvgIpc) is 3.39. The molecule has 1 fully saturated rings. The van der Waals surface area contributed by atoms with Gasteiger partial charge in [0.1, 0.15) is 0 Å². The third kappa shape index (κ3) is 5.32. The lowest BCUT2D eigenvalue weighted by atomic mass is 9.94. The molecule has 1 atom stereocenters. The zero-order valence-corrected chi connectivity index (χ0v) is 19.1. The topological polar surface area (TPSA) is 147 Å². The number of hydrogen-bond donors (Lipinski definition) is 2. The Morgan fingerprint density at radius 1 is 1.17 bits per heavy atom. The largest absolute Gasteiger partial charge is 0.463 e. The van der Waals surface area contributed by atoms with Crippen molar-refractivity contribution in [3.8, 4) is 0 Å². The minimum Gasteiger partial charge on any atom is -0.463 e. The van der Waals surface area contributed by atoms with E-state index in [0.29, 0.717) is 37.4 Å². The molecule has 0 bridgehead atoms. The fraction of sp³-hybridized carbons (Fsp3) is 0.348. The molecule has 3 heterocycles. The lowest BCUT2D eigenvalue weighted by molar-refractivity contribution is -0.384. The second-order valence-corrected chi connectivity index (χ2v) is 8.04. The van der Waals surface area contributed by atoms with Gasteiger partial charge >= 0.3 is 12.0 Å². The van der Waals surface area contributed by atoms with Crippen LogP contribution >= 0.6 is 0 Å². The highest BCUT2D eigenvalue weighted by Crippen LogP contribution is 2.29. The van der Waals surface area contributed by atoms with Gasteiger partial charge in [0, 0.05) is 50.6 Å². The molecule has 0 unspecified atom stereocenters. The maximum Gasteiger partial charge on any atom is 0.338 e. The number of benzene rings is 1. The molecule has 2 aliphatic heterocycles. The summed E-state index contributed by atoms with van der Waals surface area (Å²) < 4.78 is 10.5. The first-order chi connectivity index (χ1) is 16.9. The number of furan rings is 1. The Kier molecular flexibility index (Phi) is 7.11. The van der Waals surface area contributed by atoms with Gasteiger partial charge in [0.2, 0.25) is 0 Å². The smallest absolute Gasteiger partial charge is 0.338 e. The molecule has 4 rings (SSSR count). The van der Waals surface area contributed by atoms with Crippen LogP contribution in [0.1, 0.15) is 29.1 Å². The predicted molar refractivity (Wildman–Crippen MR) is 122 cm³/mol. The van der Waals surface area contributed by atoms with Gasteiger partial charge in [-0.3, -0.25) is 19.8 Å². The van der Waals surface area contributed by atoms with Gasteiger partial charge in [-0.25, -0.2) is 9.59 Å². The molecule has 12 heteroatoms. The first kappa shape index (κ1) is 24.0. The van der Waals surface area contributed by atoms with Gasteiger partial charge in [0.25, 0.3) is 11.6 Å². The second kappa shape index (κ2) is 10.4. The van der Waals surface area contributed by atoms with Gasteiger partial charge < -0.3 is 24.7 Å². The molecule has 2 N–H and O–H groups in total. The van der Waals surface area contributed by atoms with Crippen molar-refractivity contribution in [2.45, 2.75) is 13.0 Å². The number of urea groups is 1. The molecule has 0 saturated carbocycles. The van der Waals surface area contributed by atoms with Crippen LogP contribution in [-0.4, -0.2) is 72.0 Å². The van der Waals surface area contributed by atoms with Crippen molar-refractivity contribution in [3.63, 3.8) is 0 Å². The van der Waals surface area contributed by atoms with Crippen molar-refractivity contribution in [3.05, 3.63) is 75.4 Å². The van der Waals surface area contributed by atoms with Crippen LogP contribution in [0.5, 0.6) is 0 Å². The van der Waals surface area contributed by atoms with Gasteiger partial charge in [-0.15, -0.1) is 0 Å². The molecule has 184 valence electrons. The number of amides is 3. The van der Waals surface area contributed by atoms with E-state index < -0.39 is 23.0 Å². The fourth-order valence-corrected chi connectivity index (χ4v) is 4.12. The molecule has 0 aliphatic carbocycles. The zero-order chi connectivity index (χ0) is 24.9. The van der Waals surface area contributed by atoms with Gasteiger partial charge in [-0.2, -0.15) is 0 Å². The SMILES string of the molecule is CCOC(=O)C1=C(CN2CCN(C(=O)c3ccco3)CC2)NC(=O)N[C@@H]1c1ccc([N+](=O)[O-])cc1. The number of nitrogens with zero attached hydrogens (tertiary/aromatic N) is 3. The summed E-state index contributed by atoms with van der Waals surface area (Å²) in [5, 5.41) is 16.4. The summed E-state index contributed by atoms with van der Waals surface area (Å²) >= 11 is 0. The van der Waals surface area contributed by atoms with E-state index in [1.165, 1.54) is 30.5 Å². The van der Waals surface area contributed by atoms with Crippen molar-refractivity contribution in [1.29, 1.82) is 0 Å². The minimum absolute atomic E-state index is 0.0992. The van der Waals surface area contributed by atoms with Crippen LogP contribution in [0.4, 0.5) is 10.5 Å². The van der Waals surface area contributed by atoms with Crippen LogP contribution in [0.15, 0.2) is 58.3 Å². The Morgan fingerprint density at radius 2 is 1.89 bits per heavy atom. The highest BCUT2D eigenvalue weighted by atomic mass is 16.6. The van der Waals surface area contributed by atoms with E-state index in [9.17, 15) is 24.5 Å². The monoisotopic (exact) mass is 483 g/mol. The first-order valence-electron chi connectivity index (χ1n) is 11.1. The van der Waals surface area contributed by atoms with Crippen LogP contribution in [-0.2, 0) is 9.53 Å². The van der Waals surface area contributed by atoms with Gasteiger partial charge in [0.05, 0.1) is 29.4 Å². The van der Waals surface area contributed by atoms with E-state index in [4.69, 9.17) is 9.15 Å². The molecular formula is C23H25N5O7. The molecule has 1 aromatic carbocycles. The number of nitro benzene ring substituents is 1. The molecular weight excluding hydrogens is 458 g/mol. The Labute approximate surface area is 200 Å². The predicted octanol–water partition coefficient (Wildman–Crippen LogP) is 1.82. The highest BCUT2D eigenvalue weighted by Gasteiger charge is 2.35. The number of carbonyl (C=O) groups is 3. The lowest BCUT2D eigenvalue weighted by Crippen LogP contribution is -2.52.